The summed E-state index contributed by atoms with van der Waals surface area (Å²) in [4.78, 5) is 10.5. The van der Waals surface area contributed by atoms with Gasteiger partial charge in [-0.05, 0) is 5.92 Å². The van der Waals surface area contributed by atoms with Gasteiger partial charge in [0.2, 0.25) is 0 Å². The molecule has 0 atom stereocenters. The summed E-state index contributed by atoms with van der Waals surface area (Å²) in [5, 5.41) is 1.38. The smallest absolute Gasteiger partial charge is 0.284 e. The molecule has 0 saturated heterocycles. The van der Waals surface area contributed by atoms with Crippen LogP contribution in [0.1, 0.15) is 20.3 Å². The number of primary amides is 1. The molecule has 48 valence electrons. The third-order valence-corrected chi connectivity index (χ3v) is 0.837. The predicted molar refractivity (Wildman–Crippen MR) is 31.7 cm³/mol. The van der Waals surface area contributed by atoms with Crippen LogP contribution in [-0.4, -0.2) is 5.91 Å². The van der Waals surface area contributed by atoms with E-state index in [1.165, 1.54) is 5.32 Å². The maximum absolute atomic E-state index is 10.5. The lowest BCUT2D eigenvalue weighted by Gasteiger charge is -1.99. The topological polar surface area (TPSA) is 33.7 Å². The van der Waals surface area contributed by atoms with E-state index in [2.05, 4.69) is 7.05 Å². The average Bonchev–Trinajstić information content (AvgIpc) is 1.65. The summed E-state index contributed by atoms with van der Waals surface area (Å²) in [6.45, 7) is 4.03. The van der Waals surface area contributed by atoms with Crippen LogP contribution in [0.25, 0.3) is 0 Å². The Morgan fingerprint density at radius 2 is 2.25 bits per heavy atom. The summed E-state index contributed by atoms with van der Waals surface area (Å²) in [7, 11) is 3.36. The first kappa shape index (κ1) is 7.63. The number of nitrogens with two attached hydrogens (primary N) is 1. The Labute approximate surface area is 50.3 Å². The normalized spacial score (nSPS) is 10.0. The van der Waals surface area contributed by atoms with Gasteiger partial charge in [-0.3, -0.25) is 0 Å². The predicted octanol–water partition coefficient (Wildman–Crippen LogP) is -0.0859. The van der Waals surface area contributed by atoms with Crippen molar-refractivity contribution in [3.8, 4) is 0 Å². The van der Waals surface area contributed by atoms with Gasteiger partial charge in [0.1, 0.15) is 0 Å². The fraction of sp³-hybridized carbons (Fsp3) is 0.667. The maximum Gasteiger partial charge on any atom is 0.284 e. The standard InChI is InChI=1S/C6H13NO/c1-5(2)4-6(8)7-3/h5H,3-4,7H2,1-2H3. The van der Waals surface area contributed by atoms with Crippen molar-refractivity contribution in [3.63, 3.8) is 0 Å². The zero-order chi connectivity index (χ0) is 6.57. The fourth-order valence-electron chi connectivity index (χ4n) is 0.486. The second kappa shape index (κ2) is 3.61. The molecule has 0 heterocycles. The summed E-state index contributed by atoms with van der Waals surface area (Å²) in [5.74, 6) is 0.598. The van der Waals surface area contributed by atoms with Crippen LogP contribution in [0.4, 0.5) is 0 Å². The molecule has 0 aromatic carbocycles. The first-order valence-corrected chi connectivity index (χ1v) is 2.82. The molecule has 0 spiro atoms. The minimum Gasteiger partial charge on any atom is -0.415 e. The molecule has 0 aliphatic rings. The summed E-state index contributed by atoms with van der Waals surface area (Å²) in [5.41, 5.74) is 0. The molecule has 0 aromatic rings. The van der Waals surface area contributed by atoms with Crippen LogP contribution in [0, 0.1) is 13.0 Å². The third kappa shape index (κ3) is 3.81. The number of carbonyl (C=O) groups is 1. The number of quaternary nitrogens is 1. The van der Waals surface area contributed by atoms with Crippen molar-refractivity contribution in [3.05, 3.63) is 7.05 Å². The van der Waals surface area contributed by atoms with Gasteiger partial charge in [0.25, 0.3) is 5.91 Å². The summed E-state index contributed by atoms with van der Waals surface area (Å²) >= 11 is 0. The minimum absolute atomic E-state index is 0.139. The quantitative estimate of drug-likeness (QED) is 0.501. The highest BCUT2D eigenvalue weighted by Crippen LogP contribution is 1.95. The van der Waals surface area contributed by atoms with Crippen molar-refractivity contribution in [2.45, 2.75) is 20.3 Å². The van der Waals surface area contributed by atoms with Gasteiger partial charge in [0.05, 0.1) is 6.42 Å². The van der Waals surface area contributed by atoms with Gasteiger partial charge in [-0.15, -0.1) is 7.05 Å². The molecule has 0 saturated carbocycles. The number of hydrogen-bond donors (Lipinski definition) is 1. The molecule has 1 amide bonds. The van der Waals surface area contributed by atoms with E-state index in [1.54, 1.807) is 0 Å². The fourth-order valence-corrected chi connectivity index (χ4v) is 0.486. The molecule has 0 aliphatic heterocycles. The van der Waals surface area contributed by atoms with E-state index >= 15 is 0 Å². The highest BCUT2D eigenvalue weighted by Gasteiger charge is 2.01. The lowest BCUT2D eigenvalue weighted by Crippen LogP contribution is -2.81. The SMILES string of the molecule is [CH2-][NH2+]C(=O)CC(C)C. The van der Waals surface area contributed by atoms with E-state index in [1.807, 2.05) is 13.8 Å². The van der Waals surface area contributed by atoms with E-state index in [4.69, 9.17) is 0 Å². The zero-order valence-corrected chi connectivity index (χ0v) is 5.48. The molecule has 0 rings (SSSR count). The van der Waals surface area contributed by atoms with E-state index in [0.29, 0.717) is 12.3 Å². The van der Waals surface area contributed by atoms with E-state index in [-0.39, 0.29) is 5.91 Å². The van der Waals surface area contributed by atoms with Gasteiger partial charge in [-0.1, -0.05) is 13.8 Å². The largest absolute Gasteiger partial charge is 0.415 e. The molecular formula is C6H13NO. The lowest BCUT2D eigenvalue weighted by molar-refractivity contribution is -0.507. The second-order valence-electron chi connectivity index (χ2n) is 2.27. The van der Waals surface area contributed by atoms with Gasteiger partial charge in [-0.25, -0.2) is 4.79 Å². The monoisotopic (exact) mass is 115 g/mol. The second-order valence-corrected chi connectivity index (χ2v) is 2.27. The maximum atomic E-state index is 10.5. The molecule has 0 unspecified atom stereocenters. The van der Waals surface area contributed by atoms with Gasteiger partial charge < -0.3 is 5.32 Å². The van der Waals surface area contributed by atoms with Gasteiger partial charge >= 0.3 is 0 Å². The van der Waals surface area contributed by atoms with Crippen molar-refractivity contribution in [1.29, 1.82) is 0 Å². The first-order chi connectivity index (χ1) is 3.66. The van der Waals surface area contributed by atoms with Crippen LogP contribution >= 0.6 is 0 Å². The van der Waals surface area contributed by atoms with Crippen LogP contribution in [0.3, 0.4) is 0 Å². The molecule has 2 heteroatoms. The van der Waals surface area contributed by atoms with Gasteiger partial charge in [0, 0.05) is 0 Å². The van der Waals surface area contributed by atoms with Crippen LogP contribution in [0.2, 0.25) is 0 Å². The lowest BCUT2D eigenvalue weighted by atomic mass is 10.1. The van der Waals surface area contributed by atoms with Crippen LogP contribution in [-0.2, 0) is 4.79 Å². The summed E-state index contributed by atoms with van der Waals surface area (Å²) in [6.07, 6.45) is 0.628. The molecule has 0 fully saturated rings. The molecular weight excluding hydrogens is 102 g/mol. The van der Waals surface area contributed by atoms with Crippen LogP contribution < -0.4 is 5.32 Å². The Kier molecular flexibility index (Phi) is 3.44. The van der Waals surface area contributed by atoms with Crippen molar-refractivity contribution >= 4 is 5.91 Å². The average molecular weight is 115 g/mol. The Hall–Kier alpha value is -0.370. The minimum atomic E-state index is 0.139. The highest BCUT2D eigenvalue weighted by atomic mass is 16.1. The van der Waals surface area contributed by atoms with Crippen LogP contribution in [0.15, 0.2) is 0 Å². The third-order valence-electron chi connectivity index (χ3n) is 0.837. The number of carbonyl (C=O) groups excluding carboxylic acids is 1. The molecule has 2 nitrogen and oxygen atoms in total. The molecule has 0 aromatic heterocycles. The number of hydrogen-bond acceptors (Lipinski definition) is 1. The van der Waals surface area contributed by atoms with Gasteiger partial charge in [-0.2, -0.15) is 0 Å². The van der Waals surface area contributed by atoms with Crippen molar-refractivity contribution < 1.29 is 10.1 Å². The Morgan fingerprint density at radius 1 is 1.75 bits per heavy atom. The Balaban J connectivity index is 3.25. The van der Waals surface area contributed by atoms with Crippen molar-refractivity contribution in [1.82, 2.24) is 0 Å². The van der Waals surface area contributed by atoms with E-state index < -0.39 is 0 Å². The van der Waals surface area contributed by atoms with Crippen molar-refractivity contribution in [2.24, 2.45) is 5.92 Å². The molecule has 0 aliphatic carbocycles. The summed E-state index contributed by atoms with van der Waals surface area (Å²) in [6, 6.07) is 0. The van der Waals surface area contributed by atoms with E-state index in [0.717, 1.165) is 0 Å². The molecule has 0 bridgehead atoms. The highest BCUT2D eigenvalue weighted by molar-refractivity contribution is 5.65. The zero-order valence-electron chi connectivity index (χ0n) is 5.48. The Morgan fingerprint density at radius 3 is 2.38 bits per heavy atom. The first-order valence-electron chi connectivity index (χ1n) is 2.82. The van der Waals surface area contributed by atoms with Gasteiger partial charge in [0.15, 0.2) is 0 Å². The van der Waals surface area contributed by atoms with Crippen LogP contribution in [0.5, 0.6) is 0 Å². The number of rotatable bonds is 2. The summed E-state index contributed by atoms with van der Waals surface area (Å²) < 4.78 is 0. The van der Waals surface area contributed by atoms with E-state index in [9.17, 15) is 4.79 Å². The van der Waals surface area contributed by atoms with Crippen molar-refractivity contribution in [2.75, 3.05) is 0 Å². The molecule has 2 N–H and O–H groups in total. The Bertz CT molecular complexity index is 78.6. The number of amides is 1. The molecule has 8 heavy (non-hydrogen) atoms. The molecule has 0 radical (unpaired) electrons.